The summed E-state index contributed by atoms with van der Waals surface area (Å²) in [6.45, 7) is 21.2. The maximum atomic E-state index is 14.0. The molecule has 4 amide bonds. The molecule has 1 heterocycles. The summed E-state index contributed by atoms with van der Waals surface area (Å²) < 4.78 is 10.4. The molecular weight excluding hydrogens is 594 g/mol. The topological polar surface area (TPSA) is 184 Å². The van der Waals surface area contributed by atoms with Crippen LogP contribution in [0.15, 0.2) is 12.7 Å². The molecule has 3 N–H and O–H groups in total. The highest BCUT2D eigenvalue weighted by Crippen LogP contribution is 2.65. The highest BCUT2D eigenvalue weighted by atomic mass is 16.6. The molecule has 1 aliphatic heterocycles. The van der Waals surface area contributed by atoms with Gasteiger partial charge in [0.1, 0.15) is 23.8 Å². The van der Waals surface area contributed by atoms with Crippen LogP contribution in [0.1, 0.15) is 88.5 Å². The van der Waals surface area contributed by atoms with Crippen LogP contribution in [0.5, 0.6) is 0 Å². The van der Waals surface area contributed by atoms with Crippen molar-refractivity contribution in [2.24, 2.45) is 22.7 Å². The molecule has 13 nitrogen and oxygen atoms in total. The van der Waals surface area contributed by atoms with Gasteiger partial charge in [0.2, 0.25) is 17.6 Å². The number of likely N-dealkylation sites (tertiary alicyclic amines) is 1. The van der Waals surface area contributed by atoms with Crippen LogP contribution < -0.4 is 16.0 Å². The first kappa shape index (κ1) is 38.2. The molecule has 2 fully saturated rings. The smallest absolute Gasteiger partial charge is 0.408 e. The molecule has 1 saturated carbocycles. The van der Waals surface area contributed by atoms with Gasteiger partial charge in [0.15, 0.2) is 5.60 Å². The zero-order chi connectivity index (χ0) is 35.4. The van der Waals surface area contributed by atoms with E-state index < -0.39 is 70.3 Å². The van der Waals surface area contributed by atoms with E-state index in [1.165, 1.54) is 18.7 Å². The van der Waals surface area contributed by atoms with Crippen molar-refractivity contribution in [3.8, 4) is 6.07 Å². The molecule has 5 atom stereocenters. The van der Waals surface area contributed by atoms with E-state index in [4.69, 9.17) is 14.7 Å². The van der Waals surface area contributed by atoms with Crippen LogP contribution in [0.4, 0.5) is 4.79 Å². The molecule has 13 heteroatoms. The Morgan fingerprint density at radius 3 is 2.15 bits per heavy atom. The van der Waals surface area contributed by atoms with Crippen LogP contribution >= 0.6 is 0 Å². The molecule has 0 aromatic heterocycles. The Morgan fingerprint density at radius 1 is 1.02 bits per heavy atom. The third-order valence-electron chi connectivity index (χ3n) is 8.30. The Labute approximate surface area is 272 Å². The van der Waals surface area contributed by atoms with Crippen molar-refractivity contribution in [1.29, 1.82) is 5.26 Å². The monoisotopic (exact) mass is 645 g/mol. The predicted molar refractivity (Wildman–Crippen MR) is 169 cm³/mol. The second-order valence-electron chi connectivity index (χ2n) is 15.2. The van der Waals surface area contributed by atoms with Crippen LogP contribution in [0, 0.1) is 34.0 Å². The molecular formula is C33H51N5O8. The number of nitriles is 1. The molecule has 1 aliphatic carbocycles. The van der Waals surface area contributed by atoms with E-state index in [1.807, 2.05) is 19.9 Å². The van der Waals surface area contributed by atoms with Gasteiger partial charge in [0, 0.05) is 13.1 Å². The quantitative estimate of drug-likeness (QED) is 0.154. The number of alkyl carbamates (subject to hydrolysis) is 1. The molecule has 0 radical (unpaired) electrons. The fourth-order valence-corrected chi connectivity index (χ4v) is 5.75. The molecule has 0 bridgehead atoms. The lowest BCUT2D eigenvalue weighted by atomic mass is 9.85. The van der Waals surface area contributed by atoms with Crippen molar-refractivity contribution >= 4 is 35.6 Å². The third-order valence-corrected chi connectivity index (χ3v) is 8.30. The van der Waals surface area contributed by atoms with Gasteiger partial charge >= 0.3 is 12.1 Å². The summed E-state index contributed by atoms with van der Waals surface area (Å²) in [7, 11) is 0. The second kappa shape index (κ2) is 14.2. The largest absolute Gasteiger partial charge is 0.444 e. The molecule has 4 unspecified atom stereocenters. The Morgan fingerprint density at radius 2 is 1.63 bits per heavy atom. The van der Waals surface area contributed by atoms with E-state index in [2.05, 4.69) is 22.5 Å². The fourth-order valence-electron chi connectivity index (χ4n) is 5.75. The zero-order valence-electron chi connectivity index (χ0n) is 28.9. The number of Topliss-reactive ketones (excluding diaryl/α,β-unsaturated/α-hetero) is 1. The molecule has 2 aliphatic rings. The molecule has 2 rings (SSSR count). The van der Waals surface area contributed by atoms with Gasteiger partial charge in [-0.3, -0.25) is 24.0 Å². The second-order valence-corrected chi connectivity index (χ2v) is 15.2. The summed E-state index contributed by atoms with van der Waals surface area (Å²) in [5.74, 6) is -3.81. The van der Waals surface area contributed by atoms with Gasteiger partial charge in [0.25, 0.3) is 5.91 Å². The van der Waals surface area contributed by atoms with E-state index in [1.54, 1.807) is 47.6 Å². The SMILES string of the molecule is C=CCCC(NC(=O)C1C2C(CN1C(=O)[C@@H](NC(=O)OC(C)(C)C)C(C)(C)C)C2(C)C)C(=O)C(=O)NCCC(=O)OC(C)(C)C#N. The van der Waals surface area contributed by atoms with Crippen LogP contribution in [0.25, 0.3) is 0 Å². The van der Waals surface area contributed by atoms with Crippen molar-refractivity contribution in [2.45, 2.75) is 118 Å². The van der Waals surface area contributed by atoms with E-state index >= 15 is 0 Å². The van der Waals surface area contributed by atoms with Gasteiger partial charge in [-0.05, 0) is 70.1 Å². The zero-order valence-corrected chi connectivity index (χ0v) is 28.9. The van der Waals surface area contributed by atoms with Crippen molar-refractivity contribution in [1.82, 2.24) is 20.9 Å². The molecule has 256 valence electrons. The molecule has 1 saturated heterocycles. The van der Waals surface area contributed by atoms with E-state index in [0.29, 0.717) is 13.0 Å². The predicted octanol–water partition coefficient (Wildman–Crippen LogP) is 2.78. The normalized spacial score (nSPS) is 21.4. The number of esters is 1. The van der Waals surface area contributed by atoms with Crippen LogP contribution in [0.3, 0.4) is 0 Å². The highest BCUT2D eigenvalue weighted by Gasteiger charge is 2.70. The van der Waals surface area contributed by atoms with Crippen LogP contribution in [0.2, 0.25) is 0 Å². The first-order valence-electron chi connectivity index (χ1n) is 15.6. The minimum absolute atomic E-state index is 0.0331. The number of allylic oxidation sites excluding steroid dienone is 1. The van der Waals surface area contributed by atoms with Gasteiger partial charge in [0.05, 0.1) is 12.5 Å². The number of nitrogens with one attached hydrogen (secondary N) is 3. The van der Waals surface area contributed by atoms with Gasteiger partial charge in [-0.15, -0.1) is 6.58 Å². The number of hydrogen-bond acceptors (Lipinski definition) is 9. The number of fused-ring (bicyclic) bond motifs is 1. The lowest BCUT2D eigenvalue weighted by Crippen LogP contribution is -2.60. The lowest BCUT2D eigenvalue weighted by Gasteiger charge is -2.38. The summed E-state index contributed by atoms with van der Waals surface area (Å²) in [4.78, 5) is 80.1. The van der Waals surface area contributed by atoms with Crippen LogP contribution in [-0.4, -0.2) is 82.9 Å². The van der Waals surface area contributed by atoms with Gasteiger partial charge in [-0.2, -0.15) is 5.26 Å². The summed E-state index contributed by atoms with van der Waals surface area (Å²) in [5.41, 5.74) is -3.08. The van der Waals surface area contributed by atoms with Gasteiger partial charge in [-0.25, -0.2) is 4.79 Å². The fraction of sp³-hybridized carbons (Fsp3) is 0.727. The summed E-state index contributed by atoms with van der Waals surface area (Å²) in [6, 6.07) is -1.32. The number of ether oxygens (including phenoxy) is 2. The average molecular weight is 646 g/mol. The number of ketones is 1. The highest BCUT2D eigenvalue weighted by molar-refractivity contribution is 6.38. The van der Waals surface area contributed by atoms with Crippen molar-refractivity contribution < 1.29 is 38.2 Å². The van der Waals surface area contributed by atoms with Crippen LogP contribution in [-0.2, 0) is 33.4 Å². The summed E-state index contributed by atoms with van der Waals surface area (Å²) >= 11 is 0. The molecule has 46 heavy (non-hydrogen) atoms. The number of hydrogen-bond donors (Lipinski definition) is 3. The molecule has 0 spiro atoms. The Balaban J connectivity index is 2.22. The number of carbonyl (C=O) groups is 6. The summed E-state index contributed by atoms with van der Waals surface area (Å²) in [5, 5.41) is 16.8. The maximum absolute atomic E-state index is 14.0. The first-order valence-corrected chi connectivity index (χ1v) is 15.6. The van der Waals surface area contributed by atoms with E-state index in [0.717, 1.165) is 0 Å². The number of carbonyl (C=O) groups excluding carboxylic acids is 6. The standard InChI is InChI=1S/C33H51N5O8/c1-12-13-14-20(24(40)27(42)35-16-15-21(39)45-32(8,9)18-34)36-26(41)23-22-19(33(22,10)11)17-38(23)28(43)25(30(2,3)4)37-29(44)46-31(5,6)7/h12,19-20,22-23,25H,1,13-17H2,2-11H3,(H,35,42)(H,36,41)(H,37,44)/t19?,20?,22?,23?,25-/m1/s1. The number of piperidine rings is 1. The minimum atomic E-state index is -1.33. The van der Waals surface area contributed by atoms with Gasteiger partial charge in [-0.1, -0.05) is 40.7 Å². The Bertz CT molecular complexity index is 1270. The Kier molecular flexibility index (Phi) is 11.8. The number of amides is 4. The van der Waals surface area contributed by atoms with E-state index in [-0.39, 0.29) is 36.6 Å². The van der Waals surface area contributed by atoms with Crippen molar-refractivity contribution in [3.05, 3.63) is 12.7 Å². The average Bonchev–Trinajstić information content (AvgIpc) is 3.23. The number of nitrogens with zero attached hydrogens (tertiary/aromatic N) is 2. The minimum Gasteiger partial charge on any atom is -0.444 e. The van der Waals surface area contributed by atoms with E-state index in [9.17, 15) is 28.8 Å². The molecule has 0 aromatic rings. The maximum Gasteiger partial charge on any atom is 0.408 e. The molecule has 0 aromatic carbocycles. The Hall–Kier alpha value is -3.95. The van der Waals surface area contributed by atoms with Crippen molar-refractivity contribution in [2.75, 3.05) is 13.1 Å². The first-order chi connectivity index (χ1) is 21.0. The number of rotatable bonds is 13. The summed E-state index contributed by atoms with van der Waals surface area (Å²) in [6.07, 6.45) is 0.935. The van der Waals surface area contributed by atoms with Gasteiger partial charge < -0.3 is 30.3 Å². The van der Waals surface area contributed by atoms with Crippen molar-refractivity contribution in [3.63, 3.8) is 0 Å². The lowest BCUT2D eigenvalue weighted by molar-refractivity contribution is -0.152. The third kappa shape index (κ3) is 9.77.